The van der Waals surface area contributed by atoms with Crippen molar-refractivity contribution in [1.29, 1.82) is 0 Å². The first-order valence-electron chi connectivity index (χ1n) is 20.8. The highest BCUT2D eigenvalue weighted by molar-refractivity contribution is 5.85. The number of aliphatic hydroxyl groups excluding tert-OH is 7. The Morgan fingerprint density at radius 3 is 2.07 bits per heavy atom. The van der Waals surface area contributed by atoms with Gasteiger partial charge in [-0.3, -0.25) is 9.59 Å². The zero-order valence-electron chi connectivity index (χ0n) is 34.0. The van der Waals surface area contributed by atoms with E-state index in [1.54, 1.807) is 6.92 Å². The van der Waals surface area contributed by atoms with Gasteiger partial charge >= 0.3 is 11.9 Å². The maximum Gasteiger partial charge on any atom is 0.315 e. The molecule has 8 N–H and O–H groups in total. The molecule has 5 aliphatic carbocycles. The first-order valence-corrected chi connectivity index (χ1v) is 20.8. The van der Waals surface area contributed by atoms with Gasteiger partial charge in [0.25, 0.3) is 0 Å². The molecule has 7 aliphatic rings. The van der Waals surface area contributed by atoms with Crippen molar-refractivity contribution in [3.8, 4) is 0 Å². The number of aliphatic carboxylic acids is 1. The van der Waals surface area contributed by atoms with Crippen LogP contribution < -0.4 is 0 Å². The fraction of sp³-hybridized carbons (Fsp3) is 0.905. The predicted molar refractivity (Wildman–Crippen MR) is 198 cm³/mol. The SMILES string of the molecule is C[C@H]1O[C@@H](O[C@H]2CC[C@]3(C)[C@H]4CC=C5[C@@H]6CC(C)(C)CC[C@@]6(C(=O)O[C@H]6O[C@@H](CO)[C@H](O)[C@@H](O)[C@@H]6O)CC[C@]5(C(=O)O)[C@@]4(C)CC[C@H]3C2(C)C)[C@H](O)[C@H](O)[C@H]1O. The van der Waals surface area contributed by atoms with E-state index in [0.29, 0.717) is 38.5 Å². The van der Waals surface area contributed by atoms with Crippen molar-refractivity contribution in [2.75, 3.05) is 6.61 Å². The molecule has 14 heteroatoms. The summed E-state index contributed by atoms with van der Waals surface area (Å²) in [6.45, 7) is 14.1. The summed E-state index contributed by atoms with van der Waals surface area (Å²) >= 11 is 0. The van der Waals surface area contributed by atoms with Crippen molar-refractivity contribution in [3.05, 3.63) is 11.6 Å². The summed E-state index contributed by atoms with van der Waals surface area (Å²) in [5.41, 5.74) is -3.13. The molecule has 0 radical (unpaired) electrons. The van der Waals surface area contributed by atoms with Crippen molar-refractivity contribution < 1.29 is 69.4 Å². The fourth-order valence-corrected chi connectivity index (χ4v) is 13.6. The predicted octanol–water partition coefficient (Wildman–Crippen LogP) is 2.41. The molecule has 0 aromatic rings. The maximum absolute atomic E-state index is 14.6. The van der Waals surface area contributed by atoms with Gasteiger partial charge in [-0.2, -0.15) is 0 Å². The van der Waals surface area contributed by atoms with Crippen LogP contribution in [0.3, 0.4) is 0 Å². The third-order valence-electron chi connectivity index (χ3n) is 17.0. The van der Waals surface area contributed by atoms with Crippen molar-refractivity contribution >= 4 is 11.9 Å². The summed E-state index contributed by atoms with van der Waals surface area (Å²) in [5.74, 6) is -1.85. The van der Waals surface area contributed by atoms with Gasteiger partial charge < -0.3 is 59.8 Å². The van der Waals surface area contributed by atoms with E-state index in [2.05, 4.69) is 47.6 Å². The Morgan fingerprint density at radius 1 is 0.768 bits per heavy atom. The third-order valence-corrected chi connectivity index (χ3v) is 17.0. The van der Waals surface area contributed by atoms with Gasteiger partial charge in [-0.15, -0.1) is 0 Å². The summed E-state index contributed by atoms with van der Waals surface area (Å²) in [6.07, 6.45) is -6.40. The van der Waals surface area contributed by atoms with Gasteiger partial charge in [0, 0.05) is 0 Å². The molecular formula is C42H66O14. The van der Waals surface area contributed by atoms with Gasteiger partial charge in [-0.1, -0.05) is 53.2 Å². The van der Waals surface area contributed by atoms with Crippen molar-refractivity contribution in [2.24, 2.45) is 50.2 Å². The van der Waals surface area contributed by atoms with Gasteiger partial charge in [0.2, 0.25) is 6.29 Å². The average Bonchev–Trinajstić information content (AvgIpc) is 3.13. The molecule has 318 valence electrons. The minimum atomic E-state index is -1.74. The van der Waals surface area contributed by atoms with E-state index in [9.17, 15) is 50.4 Å². The maximum atomic E-state index is 14.6. The first kappa shape index (κ1) is 42.4. The van der Waals surface area contributed by atoms with Crippen LogP contribution in [0, 0.1) is 50.2 Å². The van der Waals surface area contributed by atoms with Crippen molar-refractivity contribution in [3.63, 3.8) is 0 Å². The number of hydrogen-bond acceptors (Lipinski definition) is 13. The lowest BCUT2D eigenvalue weighted by molar-refractivity contribution is -0.324. The number of carboxylic acids is 1. The van der Waals surface area contributed by atoms with E-state index in [4.69, 9.17) is 18.9 Å². The molecule has 4 saturated carbocycles. The van der Waals surface area contributed by atoms with E-state index in [-0.39, 0.29) is 41.6 Å². The smallest absolute Gasteiger partial charge is 0.315 e. The molecule has 18 atom stereocenters. The van der Waals surface area contributed by atoms with Crippen LogP contribution in [0.5, 0.6) is 0 Å². The summed E-state index contributed by atoms with van der Waals surface area (Å²) in [7, 11) is 0. The lowest BCUT2D eigenvalue weighted by Crippen LogP contribution is -2.68. The molecule has 56 heavy (non-hydrogen) atoms. The fourth-order valence-electron chi connectivity index (χ4n) is 13.6. The first-order chi connectivity index (χ1) is 26.0. The lowest BCUT2D eigenvalue weighted by Gasteiger charge is -2.70. The molecule has 0 unspecified atom stereocenters. The number of carbonyl (C=O) groups excluding carboxylic acids is 1. The van der Waals surface area contributed by atoms with Crippen LogP contribution in [0.15, 0.2) is 11.6 Å². The van der Waals surface area contributed by atoms with Crippen molar-refractivity contribution in [2.45, 2.75) is 180 Å². The van der Waals surface area contributed by atoms with E-state index in [1.807, 2.05) is 0 Å². The molecule has 0 aromatic carbocycles. The van der Waals surface area contributed by atoms with Crippen molar-refractivity contribution in [1.82, 2.24) is 0 Å². The molecule has 0 amide bonds. The van der Waals surface area contributed by atoms with Gasteiger partial charge in [0.15, 0.2) is 6.29 Å². The molecule has 0 bridgehead atoms. The molecule has 2 saturated heterocycles. The summed E-state index contributed by atoms with van der Waals surface area (Å²) < 4.78 is 23.8. The number of allylic oxidation sites excluding steroid dienone is 1. The van der Waals surface area contributed by atoms with E-state index >= 15 is 0 Å². The Bertz CT molecular complexity index is 1560. The molecule has 0 aromatic heterocycles. The lowest BCUT2D eigenvalue weighted by atomic mass is 9.33. The number of ether oxygens (including phenoxy) is 4. The molecule has 14 nitrogen and oxygen atoms in total. The van der Waals surface area contributed by atoms with Crippen LogP contribution in [0.2, 0.25) is 0 Å². The monoisotopic (exact) mass is 794 g/mol. The number of fused-ring (bicyclic) bond motifs is 7. The Labute approximate surface area is 329 Å². The minimum Gasteiger partial charge on any atom is -0.481 e. The number of esters is 1. The standard InChI is InChI=1S/C42H66O14/c1-20-27(44)29(46)31(48)33(53-20)55-26-11-12-39(6)24(38(26,4)5)10-13-40(7)25(39)9-8-21-22-18-37(2,3)14-15-41(22,16-17-42(21,40)35(50)51)36(52)56-34-32(49)30(47)28(45)23(19-43)54-34/h8,20,22-34,43-49H,9-19H2,1-7H3,(H,50,51)/t20-,22+,23+,24+,25-,26+,27+,28+,29-,30-,31-,32+,33+,34-,39+,40+,41-,42+/m1/s1. The molecular weight excluding hydrogens is 728 g/mol. The van der Waals surface area contributed by atoms with Crippen LogP contribution in [0.25, 0.3) is 0 Å². The molecule has 0 spiro atoms. The van der Waals surface area contributed by atoms with Gasteiger partial charge in [0.1, 0.15) is 42.7 Å². The number of carboxylic acid groups (broad SMARTS) is 1. The highest BCUT2D eigenvalue weighted by atomic mass is 16.7. The van der Waals surface area contributed by atoms with Gasteiger partial charge in [-0.05, 0) is 111 Å². The number of rotatable bonds is 6. The Morgan fingerprint density at radius 2 is 1.41 bits per heavy atom. The summed E-state index contributed by atoms with van der Waals surface area (Å²) in [4.78, 5) is 28.7. The Balaban J connectivity index is 1.20. The summed E-state index contributed by atoms with van der Waals surface area (Å²) in [5, 5.41) is 84.4. The zero-order chi connectivity index (χ0) is 41.1. The Hall–Kier alpha value is -1.72. The van der Waals surface area contributed by atoms with E-state index < -0.39 is 108 Å². The number of carbonyl (C=O) groups is 2. The normalized spacial score (nSPS) is 52.3. The number of aliphatic hydroxyl groups is 7. The molecule has 7 rings (SSSR count). The van der Waals surface area contributed by atoms with Crippen LogP contribution in [-0.2, 0) is 28.5 Å². The Kier molecular flexibility index (Phi) is 10.8. The highest BCUT2D eigenvalue weighted by Gasteiger charge is 2.73. The molecule has 6 fully saturated rings. The van der Waals surface area contributed by atoms with E-state index in [1.165, 1.54) is 0 Å². The second kappa shape index (κ2) is 14.2. The average molecular weight is 795 g/mol. The quantitative estimate of drug-likeness (QED) is 0.110. The van der Waals surface area contributed by atoms with Crippen LogP contribution in [0.4, 0.5) is 0 Å². The largest absolute Gasteiger partial charge is 0.481 e. The van der Waals surface area contributed by atoms with Gasteiger partial charge in [-0.25, -0.2) is 0 Å². The van der Waals surface area contributed by atoms with E-state index in [0.717, 1.165) is 18.4 Å². The molecule has 2 aliphatic heterocycles. The highest BCUT2D eigenvalue weighted by Crippen LogP contribution is 2.76. The van der Waals surface area contributed by atoms with Crippen LogP contribution >= 0.6 is 0 Å². The third kappa shape index (κ3) is 6.01. The molecule has 2 heterocycles. The van der Waals surface area contributed by atoms with Gasteiger partial charge in [0.05, 0.1) is 29.6 Å². The summed E-state index contributed by atoms with van der Waals surface area (Å²) in [6, 6.07) is 0. The topological polar surface area (TPSA) is 233 Å². The minimum absolute atomic E-state index is 0.00694. The van der Waals surface area contributed by atoms with Crippen LogP contribution in [0.1, 0.15) is 113 Å². The zero-order valence-corrected chi connectivity index (χ0v) is 34.0. The number of hydrogen-bond donors (Lipinski definition) is 8. The second-order valence-corrected chi connectivity index (χ2v) is 20.5. The van der Waals surface area contributed by atoms with Crippen LogP contribution in [-0.4, -0.2) is 127 Å². The second-order valence-electron chi connectivity index (χ2n) is 20.5.